The van der Waals surface area contributed by atoms with Gasteiger partial charge in [0, 0.05) is 39.3 Å². The molecule has 2 rings (SSSR count). The third-order valence-electron chi connectivity index (χ3n) is 3.96. The lowest BCUT2D eigenvalue weighted by molar-refractivity contribution is 0.0669. The highest BCUT2D eigenvalue weighted by molar-refractivity contribution is 5.15. The Hall–Kier alpha value is -1.23. The Bertz CT molecular complexity index is 427. The molecule has 1 atom stereocenters. The molecule has 0 aromatic heterocycles. The predicted molar refractivity (Wildman–Crippen MR) is 83.6 cm³/mol. The highest BCUT2D eigenvalue weighted by Crippen LogP contribution is 2.10. The second-order valence-corrected chi connectivity index (χ2v) is 5.72. The van der Waals surface area contributed by atoms with Gasteiger partial charge in [-0.2, -0.15) is 0 Å². The van der Waals surface area contributed by atoms with Crippen LogP contribution >= 0.6 is 0 Å². The quantitative estimate of drug-likeness (QED) is 0.781. The molecule has 1 N–H and O–H groups in total. The summed E-state index contributed by atoms with van der Waals surface area (Å²) in [6.45, 7) is 9.24. The largest absolute Gasteiger partial charge is 0.392 e. The Morgan fingerprint density at radius 2 is 1.76 bits per heavy atom. The smallest absolute Gasteiger partial charge is 0.123 e. The Balaban J connectivity index is 1.70. The number of nitrogens with zero attached hydrogens (tertiary/aromatic N) is 2. The van der Waals surface area contributed by atoms with Crippen LogP contribution < -0.4 is 0 Å². The van der Waals surface area contributed by atoms with Crippen LogP contribution in [0, 0.1) is 5.82 Å². The second kappa shape index (κ2) is 8.27. The lowest BCUT2D eigenvalue weighted by Crippen LogP contribution is -2.48. The van der Waals surface area contributed by atoms with Gasteiger partial charge in [-0.3, -0.25) is 9.80 Å². The summed E-state index contributed by atoms with van der Waals surface area (Å²) in [5.74, 6) is -0.183. The number of hydrogen-bond acceptors (Lipinski definition) is 3. The molecule has 1 unspecified atom stereocenters. The van der Waals surface area contributed by atoms with E-state index in [4.69, 9.17) is 0 Å². The second-order valence-electron chi connectivity index (χ2n) is 5.72. The molecule has 1 fully saturated rings. The lowest BCUT2D eigenvalue weighted by Gasteiger charge is -2.35. The van der Waals surface area contributed by atoms with Crippen LogP contribution in [-0.4, -0.2) is 53.7 Å². The van der Waals surface area contributed by atoms with E-state index in [1.54, 1.807) is 0 Å². The van der Waals surface area contributed by atoms with Crippen LogP contribution in [0.3, 0.4) is 0 Å². The van der Waals surface area contributed by atoms with E-state index < -0.39 is 0 Å². The van der Waals surface area contributed by atoms with Crippen LogP contribution in [0.25, 0.3) is 0 Å². The zero-order valence-electron chi connectivity index (χ0n) is 12.5. The van der Waals surface area contributed by atoms with E-state index in [9.17, 15) is 9.50 Å². The van der Waals surface area contributed by atoms with E-state index in [0.717, 1.165) is 57.7 Å². The molecule has 0 radical (unpaired) electrons. The zero-order valence-corrected chi connectivity index (χ0v) is 12.5. The normalized spacial score (nSPS) is 18.6. The molecule has 21 heavy (non-hydrogen) atoms. The van der Waals surface area contributed by atoms with Gasteiger partial charge >= 0.3 is 0 Å². The monoisotopic (exact) mass is 292 g/mol. The molecule has 1 heterocycles. The molecule has 0 spiro atoms. The maximum absolute atomic E-state index is 12.9. The SMILES string of the molecule is C=CCCC(O)CN1CCN(Cc2ccc(F)cc2)CC1. The van der Waals surface area contributed by atoms with Crippen molar-refractivity contribution in [2.75, 3.05) is 32.7 Å². The van der Waals surface area contributed by atoms with Crippen molar-refractivity contribution in [2.45, 2.75) is 25.5 Å². The van der Waals surface area contributed by atoms with Crippen molar-refractivity contribution in [3.63, 3.8) is 0 Å². The van der Waals surface area contributed by atoms with Crippen molar-refractivity contribution < 1.29 is 9.50 Å². The first-order valence-electron chi connectivity index (χ1n) is 7.65. The summed E-state index contributed by atoms with van der Waals surface area (Å²) in [4.78, 5) is 4.69. The van der Waals surface area contributed by atoms with E-state index in [1.165, 1.54) is 12.1 Å². The van der Waals surface area contributed by atoms with Crippen molar-refractivity contribution in [2.24, 2.45) is 0 Å². The average Bonchev–Trinajstić information content (AvgIpc) is 2.49. The van der Waals surface area contributed by atoms with Crippen LogP contribution in [0.4, 0.5) is 4.39 Å². The van der Waals surface area contributed by atoms with Crippen LogP contribution in [0.5, 0.6) is 0 Å². The van der Waals surface area contributed by atoms with Crippen molar-refractivity contribution >= 4 is 0 Å². The van der Waals surface area contributed by atoms with E-state index in [0.29, 0.717) is 0 Å². The van der Waals surface area contributed by atoms with Crippen LogP contribution in [0.1, 0.15) is 18.4 Å². The molecule has 0 saturated carbocycles. The number of rotatable bonds is 7. The predicted octanol–water partition coefficient (Wildman–Crippen LogP) is 2.27. The number of aliphatic hydroxyl groups is 1. The molecule has 1 saturated heterocycles. The van der Waals surface area contributed by atoms with Gasteiger partial charge in [-0.25, -0.2) is 4.39 Å². The number of hydrogen-bond donors (Lipinski definition) is 1. The third kappa shape index (κ3) is 5.58. The Kier molecular flexibility index (Phi) is 6.36. The summed E-state index contributed by atoms with van der Waals surface area (Å²) in [6.07, 6.45) is 3.25. The van der Waals surface area contributed by atoms with Crippen LogP contribution in [0.15, 0.2) is 36.9 Å². The third-order valence-corrected chi connectivity index (χ3v) is 3.96. The minimum absolute atomic E-state index is 0.183. The van der Waals surface area contributed by atoms with E-state index in [2.05, 4.69) is 16.4 Å². The average molecular weight is 292 g/mol. The van der Waals surface area contributed by atoms with Crippen molar-refractivity contribution in [3.05, 3.63) is 48.3 Å². The summed E-state index contributed by atoms with van der Waals surface area (Å²) in [5.41, 5.74) is 1.15. The van der Waals surface area contributed by atoms with Crippen molar-refractivity contribution in [3.8, 4) is 0 Å². The molecule has 1 aromatic rings. The summed E-state index contributed by atoms with van der Waals surface area (Å²) >= 11 is 0. The zero-order chi connectivity index (χ0) is 15.1. The standard InChI is InChI=1S/C17H25FN2O/c1-2-3-4-17(21)14-20-11-9-19(10-12-20)13-15-5-7-16(18)8-6-15/h2,5-8,17,21H,1,3-4,9-14H2. The van der Waals surface area contributed by atoms with E-state index in [-0.39, 0.29) is 11.9 Å². The van der Waals surface area contributed by atoms with Gasteiger partial charge in [-0.05, 0) is 30.5 Å². The van der Waals surface area contributed by atoms with Crippen LogP contribution in [0.2, 0.25) is 0 Å². The first-order chi connectivity index (χ1) is 10.2. The first kappa shape index (κ1) is 16.1. The van der Waals surface area contributed by atoms with E-state index in [1.807, 2.05) is 18.2 Å². The minimum atomic E-state index is -0.258. The maximum atomic E-state index is 12.9. The molecule has 1 aromatic carbocycles. The first-order valence-corrected chi connectivity index (χ1v) is 7.65. The molecular weight excluding hydrogens is 267 g/mol. The summed E-state index contributed by atoms with van der Waals surface area (Å²) in [5, 5.41) is 9.92. The molecule has 116 valence electrons. The van der Waals surface area contributed by atoms with Crippen molar-refractivity contribution in [1.82, 2.24) is 9.80 Å². The number of piperazine rings is 1. The molecule has 4 heteroatoms. The van der Waals surface area contributed by atoms with Gasteiger partial charge in [0.15, 0.2) is 0 Å². The summed E-state index contributed by atoms with van der Waals surface area (Å²) in [7, 11) is 0. The fourth-order valence-electron chi connectivity index (χ4n) is 2.68. The topological polar surface area (TPSA) is 26.7 Å². The Labute approximate surface area is 126 Å². The summed E-state index contributed by atoms with van der Waals surface area (Å²) < 4.78 is 12.9. The molecule has 3 nitrogen and oxygen atoms in total. The highest BCUT2D eigenvalue weighted by atomic mass is 19.1. The molecule has 0 bridgehead atoms. The molecule has 1 aliphatic heterocycles. The van der Waals surface area contributed by atoms with E-state index >= 15 is 0 Å². The lowest BCUT2D eigenvalue weighted by atomic mass is 10.1. The molecule has 0 amide bonds. The maximum Gasteiger partial charge on any atom is 0.123 e. The van der Waals surface area contributed by atoms with Gasteiger partial charge in [0.25, 0.3) is 0 Å². The van der Waals surface area contributed by atoms with Gasteiger partial charge in [-0.1, -0.05) is 18.2 Å². The van der Waals surface area contributed by atoms with Crippen molar-refractivity contribution in [1.29, 1.82) is 0 Å². The number of allylic oxidation sites excluding steroid dienone is 1. The Morgan fingerprint density at radius 1 is 1.14 bits per heavy atom. The minimum Gasteiger partial charge on any atom is -0.392 e. The number of halogens is 1. The molecule has 1 aliphatic rings. The highest BCUT2D eigenvalue weighted by Gasteiger charge is 2.18. The Morgan fingerprint density at radius 3 is 2.38 bits per heavy atom. The summed E-state index contributed by atoms with van der Waals surface area (Å²) in [6, 6.07) is 6.73. The van der Waals surface area contributed by atoms with Gasteiger partial charge in [0.2, 0.25) is 0 Å². The van der Waals surface area contributed by atoms with Gasteiger partial charge in [0.05, 0.1) is 6.10 Å². The molecular formula is C17H25FN2O. The number of benzene rings is 1. The fourth-order valence-corrected chi connectivity index (χ4v) is 2.68. The van der Waals surface area contributed by atoms with Crippen LogP contribution in [-0.2, 0) is 6.54 Å². The van der Waals surface area contributed by atoms with Gasteiger partial charge in [-0.15, -0.1) is 6.58 Å². The number of β-amino-alcohol motifs (C(OH)–C–C–N with tert-alkyl or cyclic N) is 1. The van der Waals surface area contributed by atoms with Gasteiger partial charge in [0.1, 0.15) is 5.82 Å². The fraction of sp³-hybridized carbons (Fsp3) is 0.529. The number of aliphatic hydroxyl groups excluding tert-OH is 1. The van der Waals surface area contributed by atoms with Gasteiger partial charge < -0.3 is 5.11 Å². The molecule has 0 aliphatic carbocycles.